The molecule has 0 aromatic heterocycles. The van der Waals surface area contributed by atoms with Gasteiger partial charge >= 0.3 is 5.97 Å². The van der Waals surface area contributed by atoms with E-state index in [1.165, 1.54) is 21.0 Å². The van der Waals surface area contributed by atoms with Crippen molar-refractivity contribution in [3.05, 3.63) is 71.8 Å². The van der Waals surface area contributed by atoms with E-state index in [0.717, 1.165) is 0 Å². The van der Waals surface area contributed by atoms with Crippen molar-refractivity contribution in [2.45, 2.75) is 24.7 Å². The summed E-state index contributed by atoms with van der Waals surface area (Å²) in [6, 6.07) is 19.5. The van der Waals surface area contributed by atoms with Crippen LogP contribution in [0.5, 0.6) is 0 Å². The van der Waals surface area contributed by atoms with Gasteiger partial charge in [-0.05, 0) is 25.0 Å². The Morgan fingerprint density at radius 2 is 1.38 bits per heavy atom. The lowest BCUT2D eigenvalue weighted by molar-refractivity contribution is -0.152. The summed E-state index contributed by atoms with van der Waals surface area (Å²) >= 11 is 0. The van der Waals surface area contributed by atoms with E-state index in [1.54, 1.807) is 54.6 Å². The molecule has 2 aromatic rings. The van der Waals surface area contributed by atoms with E-state index >= 15 is 0 Å². The Morgan fingerprint density at radius 3 is 1.79 bits per heavy atom. The first-order valence-electron chi connectivity index (χ1n) is 7.57. The second-order valence-electron chi connectivity index (χ2n) is 5.91. The number of nitriles is 1. The third-order valence-electron chi connectivity index (χ3n) is 4.43. The topological polar surface area (TPSA) is 67.2 Å². The smallest absolute Gasteiger partial charge is 0.323 e. The summed E-state index contributed by atoms with van der Waals surface area (Å²) in [5, 5.41) is 9.75. The van der Waals surface area contributed by atoms with Crippen molar-refractivity contribution >= 4 is 11.8 Å². The lowest BCUT2D eigenvalue weighted by atomic mass is 9.66. The minimum atomic E-state index is -1.57. The predicted octanol–water partition coefficient (Wildman–Crippen LogP) is 3.17. The Balaban J connectivity index is 2.65. The van der Waals surface area contributed by atoms with Gasteiger partial charge in [0.1, 0.15) is 5.41 Å². The fourth-order valence-electron chi connectivity index (χ4n) is 2.84. The highest BCUT2D eigenvalue weighted by Gasteiger charge is 2.52. The molecule has 0 aliphatic rings. The molecular weight excluding hydrogens is 302 g/mol. The average Bonchev–Trinajstić information content (AvgIpc) is 2.66. The largest absolute Gasteiger partial charge is 0.468 e. The molecule has 4 heteroatoms. The number of Topliss-reactive ketones (excluding diaryl/α,β-unsaturated/α-hetero) is 1. The zero-order valence-corrected chi connectivity index (χ0v) is 13.9. The molecule has 0 saturated carbocycles. The predicted molar refractivity (Wildman–Crippen MR) is 90.2 cm³/mol. The molecule has 122 valence electrons. The van der Waals surface area contributed by atoms with E-state index in [0.29, 0.717) is 11.1 Å². The van der Waals surface area contributed by atoms with E-state index in [-0.39, 0.29) is 0 Å². The van der Waals surface area contributed by atoms with E-state index in [2.05, 4.69) is 6.07 Å². The van der Waals surface area contributed by atoms with Gasteiger partial charge in [0.2, 0.25) is 0 Å². The molecule has 2 atom stereocenters. The van der Waals surface area contributed by atoms with Crippen LogP contribution in [-0.4, -0.2) is 18.9 Å². The molecule has 0 N–H and O–H groups in total. The number of nitrogens with zero attached hydrogens (tertiary/aromatic N) is 1. The Bertz CT molecular complexity index is 780. The number of ether oxygens (including phenoxy) is 1. The van der Waals surface area contributed by atoms with Crippen LogP contribution in [0, 0.1) is 11.3 Å². The summed E-state index contributed by atoms with van der Waals surface area (Å²) in [5.74, 6) is -1.20. The number of esters is 1. The molecule has 0 aliphatic carbocycles. The first-order valence-corrected chi connectivity index (χ1v) is 7.57. The van der Waals surface area contributed by atoms with Gasteiger partial charge in [0.25, 0.3) is 0 Å². The van der Waals surface area contributed by atoms with Crippen LogP contribution in [0.15, 0.2) is 60.7 Å². The SMILES string of the molecule is COC(=O)[C@@](C)(C(=O)[C@](C)(C#N)c1ccccc1)c1ccccc1. The van der Waals surface area contributed by atoms with E-state index < -0.39 is 22.6 Å². The molecule has 2 aromatic carbocycles. The van der Waals surface area contributed by atoms with E-state index in [9.17, 15) is 14.9 Å². The second-order valence-corrected chi connectivity index (χ2v) is 5.91. The molecule has 0 spiro atoms. The molecular formula is C20H19NO3. The Hall–Kier alpha value is -2.93. The monoisotopic (exact) mass is 321 g/mol. The van der Waals surface area contributed by atoms with Crippen LogP contribution in [0.2, 0.25) is 0 Å². The number of hydrogen-bond acceptors (Lipinski definition) is 4. The van der Waals surface area contributed by atoms with Gasteiger partial charge in [0.15, 0.2) is 11.2 Å². The summed E-state index contributed by atoms with van der Waals surface area (Å²) in [6.07, 6.45) is 0. The summed E-state index contributed by atoms with van der Waals surface area (Å²) in [6.45, 7) is 3.05. The van der Waals surface area contributed by atoms with Crippen LogP contribution in [0.3, 0.4) is 0 Å². The van der Waals surface area contributed by atoms with Crippen LogP contribution < -0.4 is 0 Å². The third-order valence-corrected chi connectivity index (χ3v) is 4.43. The van der Waals surface area contributed by atoms with E-state index in [4.69, 9.17) is 4.74 Å². The minimum Gasteiger partial charge on any atom is -0.468 e. The van der Waals surface area contributed by atoms with Gasteiger partial charge < -0.3 is 4.74 Å². The molecule has 0 aliphatic heterocycles. The first kappa shape index (κ1) is 17.4. The average molecular weight is 321 g/mol. The van der Waals surface area contributed by atoms with Crippen molar-refractivity contribution in [3.63, 3.8) is 0 Å². The number of rotatable bonds is 5. The quantitative estimate of drug-likeness (QED) is 0.626. The Labute approximate surface area is 141 Å². The van der Waals surface area contributed by atoms with Crippen molar-refractivity contribution in [2.24, 2.45) is 0 Å². The maximum absolute atomic E-state index is 13.4. The minimum absolute atomic E-state index is 0.499. The number of benzene rings is 2. The number of ketones is 1. The molecule has 0 saturated heterocycles. The Morgan fingerprint density at radius 1 is 0.917 bits per heavy atom. The molecule has 2 rings (SSSR count). The van der Waals surface area contributed by atoms with Gasteiger partial charge in [-0.25, -0.2) is 0 Å². The highest BCUT2D eigenvalue weighted by atomic mass is 16.5. The lowest BCUT2D eigenvalue weighted by Gasteiger charge is -2.32. The van der Waals surface area contributed by atoms with Crippen LogP contribution in [0.25, 0.3) is 0 Å². The van der Waals surface area contributed by atoms with Crippen LogP contribution in [-0.2, 0) is 25.2 Å². The first-order chi connectivity index (χ1) is 11.4. The highest BCUT2D eigenvalue weighted by Crippen LogP contribution is 2.36. The molecule has 0 unspecified atom stereocenters. The molecule has 0 radical (unpaired) electrons. The molecule has 0 amide bonds. The van der Waals surface area contributed by atoms with Crippen LogP contribution >= 0.6 is 0 Å². The zero-order chi connectivity index (χ0) is 17.8. The van der Waals surface area contributed by atoms with Crippen molar-refractivity contribution in [1.82, 2.24) is 0 Å². The van der Waals surface area contributed by atoms with Crippen molar-refractivity contribution in [1.29, 1.82) is 5.26 Å². The lowest BCUT2D eigenvalue weighted by Crippen LogP contribution is -2.50. The van der Waals surface area contributed by atoms with Crippen LogP contribution in [0.4, 0.5) is 0 Å². The van der Waals surface area contributed by atoms with Gasteiger partial charge in [-0.2, -0.15) is 5.26 Å². The molecule has 0 heterocycles. The summed E-state index contributed by atoms with van der Waals surface area (Å²) in [5.41, 5.74) is -2.00. The number of methoxy groups -OCH3 is 1. The standard InChI is InChI=1S/C20H19NO3/c1-19(14-21,15-10-6-4-7-11-15)17(22)20(2,18(23)24-3)16-12-8-5-9-13-16/h4-13H,1-3H3/t19-,20-/m1/s1. The summed E-state index contributed by atoms with van der Waals surface area (Å²) < 4.78 is 4.90. The van der Waals surface area contributed by atoms with Gasteiger partial charge in [0.05, 0.1) is 13.2 Å². The maximum atomic E-state index is 13.4. The van der Waals surface area contributed by atoms with Crippen molar-refractivity contribution in [2.75, 3.05) is 7.11 Å². The van der Waals surface area contributed by atoms with E-state index in [1.807, 2.05) is 6.07 Å². The van der Waals surface area contributed by atoms with Crippen molar-refractivity contribution < 1.29 is 14.3 Å². The normalized spacial score (nSPS) is 15.4. The third kappa shape index (κ3) is 2.69. The number of carbonyl (C=O) groups is 2. The fraction of sp³-hybridized carbons (Fsp3) is 0.250. The van der Waals surface area contributed by atoms with Crippen molar-refractivity contribution in [3.8, 4) is 6.07 Å². The molecule has 0 fully saturated rings. The van der Waals surface area contributed by atoms with Gasteiger partial charge in [-0.1, -0.05) is 60.7 Å². The summed E-state index contributed by atoms with van der Waals surface area (Å²) in [4.78, 5) is 25.9. The zero-order valence-electron chi connectivity index (χ0n) is 13.9. The number of hydrogen-bond donors (Lipinski definition) is 0. The maximum Gasteiger partial charge on any atom is 0.323 e. The Kier molecular flexibility index (Phi) is 4.85. The summed E-state index contributed by atoms with van der Waals surface area (Å²) in [7, 11) is 1.24. The second kappa shape index (κ2) is 6.67. The molecule has 4 nitrogen and oxygen atoms in total. The molecule has 24 heavy (non-hydrogen) atoms. The fourth-order valence-corrected chi connectivity index (χ4v) is 2.84. The highest BCUT2D eigenvalue weighted by molar-refractivity contribution is 6.14. The van der Waals surface area contributed by atoms with Gasteiger partial charge in [0, 0.05) is 0 Å². The number of carbonyl (C=O) groups excluding carboxylic acids is 2. The van der Waals surface area contributed by atoms with Gasteiger partial charge in [-0.3, -0.25) is 9.59 Å². The van der Waals surface area contributed by atoms with Gasteiger partial charge in [-0.15, -0.1) is 0 Å². The molecule has 0 bridgehead atoms. The van der Waals surface area contributed by atoms with Crippen LogP contribution in [0.1, 0.15) is 25.0 Å².